The fourth-order valence-corrected chi connectivity index (χ4v) is 4.67. The molecule has 3 rings (SSSR count). The molecule has 164 valence electrons. The van der Waals surface area contributed by atoms with Crippen LogP contribution in [-0.4, -0.2) is 20.5 Å². The Morgan fingerprint density at radius 3 is 2.26 bits per heavy atom. The molecule has 2 aromatic carbocycles. The molecule has 0 aliphatic heterocycles. The number of sulfonamides is 1. The van der Waals surface area contributed by atoms with Gasteiger partial charge in [-0.05, 0) is 52.8 Å². The van der Waals surface area contributed by atoms with E-state index >= 15 is 0 Å². The van der Waals surface area contributed by atoms with E-state index in [0.717, 1.165) is 5.56 Å². The third kappa shape index (κ3) is 5.06. The molecule has 1 heterocycles. The summed E-state index contributed by atoms with van der Waals surface area (Å²) in [5.41, 5.74) is 2.81. The average molecular weight is 441 g/mol. The van der Waals surface area contributed by atoms with E-state index in [1.165, 1.54) is 0 Å². The maximum absolute atomic E-state index is 12.6. The Balaban J connectivity index is 2.27. The number of pyridine rings is 1. The number of H-pyrrole nitrogens is 1. The molecule has 0 spiro atoms. The predicted octanol–water partition coefficient (Wildman–Crippen LogP) is 3.92. The number of nitrogens with one attached hydrogen (secondary N) is 1. The molecule has 1 atom stereocenters. The molecular formula is C24H28N2O4S. The summed E-state index contributed by atoms with van der Waals surface area (Å²) in [7, 11) is -2.33. The molecule has 7 heteroatoms. The van der Waals surface area contributed by atoms with Gasteiger partial charge in [0.25, 0.3) is 5.56 Å². The van der Waals surface area contributed by atoms with Crippen molar-refractivity contribution in [3.63, 3.8) is 0 Å². The van der Waals surface area contributed by atoms with Crippen LogP contribution in [0.15, 0.2) is 65.6 Å². The van der Waals surface area contributed by atoms with Crippen LogP contribution in [0.5, 0.6) is 5.75 Å². The molecule has 3 aromatic rings. The Morgan fingerprint density at radius 1 is 1.03 bits per heavy atom. The van der Waals surface area contributed by atoms with Crippen LogP contribution in [0, 0.1) is 0 Å². The highest BCUT2D eigenvalue weighted by atomic mass is 32.2. The molecule has 0 saturated heterocycles. The van der Waals surface area contributed by atoms with E-state index in [0.29, 0.717) is 28.0 Å². The third-order valence-corrected chi connectivity index (χ3v) is 6.55. The van der Waals surface area contributed by atoms with Gasteiger partial charge in [-0.2, -0.15) is 0 Å². The molecule has 0 saturated carbocycles. The van der Waals surface area contributed by atoms with Crippen LogP contribution in [-0.2, 0) is 21.9 Å². The maximum Gasteiger partial charge on any atom is 0.255 e. The number of rotatable bonds is 6. The monoisotopic (exact) mass is 440 g/mol. The lowest BCUT2D eigenvalue weighted by atomic mass is 9.82. The summed E-state index contributed by atoms with van der Waals surface area (Å²) < 4.78 is 30.7. The number of hydrogen-bond acceptors (Lipinski definition) is 4. The second-order valence-corrected chi connectivity index (χ2v) is 10.3. The molecule has 0 fully saturated rings. The molecule has 0 bridgehead atoms. The van der Waals surface area contributed by atoms with Crippen molar-refractivity contribution in [3.05, 3.63) is 87.8 Å². The van der Waals surface area contributed by atoms with Crippen LogP contribution in [0.2, 0.25) is 0 Å². The minimum absolute atomic E-state index is 0.104. The number of benzene rings is 2. The number of aromatic amines is 1. The SMILES string of the molecule is COc1cc(CC(c2ccccc2)S(N)(=O)=O)c(-c2ccc[nH]c2=O)cc1C(C)(C)C. The van der Waals surface area contributed by atoms with Crippen molar-refractivity contribution in [2.75, 3.05) is 7.11 Å². The molecule has 0 aliphatic carbocycles. The second-order valence-electron chi connectivity index (χ2n) is 8.57. The largest absolute Gasteiger partial charge is 0.496 e. The van der Waals surface area contributed by atoms with Crippen molar-refractivity contribution in [2.45, 2.75) is 37.9 Å². The number of methoxy groups -OCH3 is 1. The van der Waals surface area contributed by atoms with Crippen LogP contribution in [0.3, 0.4) is 0 Å². The van der Waals surface area contributed by atoms with E-state index in [1.54, 1.807) is 49.7 Å². The van der Waals surface area contributed by atoms with Gasteiger partial charge >= 0.3 is 0 Å². The highest BCUT2D eigenvalue weighted by Gasteiger charge is 2.28. The lowest BCUT2D eigenvalue weighted by Gasteiger charge is -2.25. The number of hydrogen-bond donors (Lipinski definition) is 2. The number of primary sulfonamides is 1. The van der Waals surface area contributed by atoms with E-state index in [9.17, 15) is 13.2 Å². The van der Waals surface area contributed by atoms with Gasteiger partial charge in [0, 0.05) is 17.3 Å². The van der Waals surface area contributed by atoms with Crippen molar-refractivity contribution in [3.8, 4) is 16.9 Å². The molecule has 0 amide bonds. The van der Waals surface area contributed by atoms with Gasteiger partial charge in [0.1, 0.15) is 11.0 Å². The van der Waals surface area contributed by atoms with E-state index in [4.69, 9.17) is 9.88 Å². The highest BCUT2D eigenvalue weighted by Crippen LogP contribution is 2.39. The van der Waals surface area contributed by atoms with Crippen LogP contribution < -0.4 is 15.4 Å². The zero-order chi connectivity index (χ0) is 22.8. The van der Waals surface area contributed by atoms with E-state index in [1.807, 2.05) is 18.2 Å². The van der Waals surface area contributed by atoms with Crippen LogP contribution >= 0.6 is 0 Å². The van der Waals surface area contributed by atoms with Crippen molar-refractivity contribution in [2.24, 2.45) is 5.14 Å². The van der Waals surface area contributed by atoms with Crippen LogP contribution in [0.1, 0.15) is 42.7 Å². The molecule has 0 radical (unpaired) electrons. The molecular weight excluding hydrogens is 412 g/mol. The smallest absolute Gasteiger partial charge is 0.255 e. The fraction of sp³-hybridized carbons (Fsp3) is 0.292. The Labute approximate surface area is 183 Å². The summed E-state index contributed by atoms with van der Waals surface area (Å²) in [4.78, 5) is 15.3. The summed E-state index contributed by atoms with van der Waals surface area (Å²) in [6, 6.07) is 16.1. The quantitative estimate of drug-likeness (QED) is 0.606. The van der Waals surface area contributed by atoms with Crippen LogP contribution in [0.4, 0.5) is 0 Å². The first-order valence-corrected chi connectivity index (χ1v) is 11.6. The second kappa shape index (κ2) is 8.69. The number of nitrogens with two attached hydrogens (primary N) is 1. The van der Waals surface area contributed by atoms with Crippen molar-refractivity contribution < 1.29 is 13.2 Å². The third-order valence-electron chi connectivity index (χ3n) is 5.31. The first-order valence-electron chi connectivity index (χ1n) is 9.98. The van der Waals surface area contributed by atoms with Crippen molar-refractivity contribution >= 4 is 10.0 Å². The molecule has 3 N–H and O–H groups in total. The summed E-state index contributed by atoms with van der Waals surface area (Å²) in [5, 5.41) is 4.66. The Bertz CT molecular complexity index is 1230. The van der Waals surface area contributed by atoms with Gasteiger partial charge in [0.15, 0.2) is 0 Å². The van der Waals surface area contributed by atoms with Crippen LogP contribution in [0.25, 0.3) is 11.1 Å². The molecule has 31 heavy (non-hydrogen) atoms. The summed E-state index contributed by atoms with van der Waals surface area (Å²) in [6.45, 7) is 6.17. The average Bonchev–Trinajstić information content (AvgIpc) is 2.71. The Morgan fingerprint density at radius 2 is 1.71 bits per heavy atom. The summed E-state index contributed by atoms with van der Waals surface area (Å²) in [5.74, 6) is 0.639. The van der Waals surface area contributed by atoms with Gasteiger partial charge in [0.2, 0.25) is 10.0 Å². The predicted molar refractivity (Wildman–Crippen MR) is 124 cm³/mol. The lowest BCUT2D eigenvalue weighted by molar-refractivity contribution is 0.397. The Hall–Kier alpha value is -2.90. The Kier molecular flexibility index (Phi) is 6.38. The molecule has 1 unspecified atom stereocenters. The van der Waals surface area contributed by atoms with Gasteiger partial charge in [-0.1, -0.05) is 51.1 Å². The minimum atomic E-state index is -3.91. The fourth-order valence-electron chi connectivity index (χ4n) is 3.72. The molecule has 1 aromatic heterocycles. The van der Waals surface area contributed by atoms with E-state index < -0.39 is 15.3 Å². The van der Waals surface area contributed by atoms with Gasteiger partial charge in [-0.15, -0.1) is 0 Å². The molecule has 0 aliphatic rings. The topological polar surface area (TPSA) is 102 Å². The summed E-state index contributed by atoms with van der Waals surface area (Å²) in [6.07, 6.45) is 1.67. The number of aromatic nitrogens is 1. The maximum atomic E-state index is 12.6. The molecule has 6 nitrogen and oxygen atoms in total. The lowest BCUT2D eigenvalue weighted by Crippen LogP contribution is -2.24. The number of ether oxygens (including phenoxy) is 1. The van der Waals surface area contributed by atoms with E-state index in [-0.39, 0.29) is 17.4 Å². The zero-order valence-corrected chi connectivity index (χ0v) is 19.0. The van der Waals surface area contributed by atoms with Gasteiger partial charge in [-0.25, -0.2) is 13.6 Å². The summed E-state index contributed by atoms with van der Waals surface area (Å²) >= 11 is 0. The zero-order valence-electron chi connectivity index (χ0n) is 18.2. The van der Waals surface area contributed by atoms with Crippen molar-refractivity contribution in [1.82, 2.24) is 4.98 Å². The first kappa shape index (κ1) is 22.8. The minimum Gasteiger partial charge on any atom is -0.496 e. The first-order chi connectivity index (χ1) is 14.5. The normalized spacial score (nSPS) is 13.1. The van der Waals surface area contributed by atoms with E-state index in [2.05, 4.69) is 25.8 Å². The van der Waals surface area contributed by atoms with Gasteiger partial charge < -0.3 is 9.72 Å². The highest BCUT2D eigenvalue weighted by molar-refractivity contribution is 7.89. The van der Waals surface area contributed by atoms with Gasteiger partial charge in [-0.3, -0.25) is 4.79 Å². The van der Waals surface area contributed by atoms with Gasteiger partial charge in [0.05, 0.1) is 7.11 Å². The standard InChI is InChI=1S/C24H28N2O4S/c1-24(2,3)20-15-19(18-11-8-12-26-23(18)27)17(13-21(20)30-4)14-22(31(25,28)29)16-9-6-5-7-10-16/h5-13,15,22H,14H2,1-4H3,(H,26,27)(H2,25,28,29). The van der Waals surface area contributed by atoms with Crippen molar-refractivity contribution in [1.29, 1.82) is 0 Å².